The van der Waals surface area contributed by atoms with Gasteiger partial charge in [-0.2, -0.15) is 0 Å². The van der Waals surface area contributed by atoms with E-state index in [9.17, 15) is 0 Å². The van der Waals surface area contributed by atoms with Crippen LogP contribution in [0.5, 0.6) is 0 Å². The van der Waals surface area contributed by atoms with Gasteiger partial charge in [-0.25, -0.2) is 0 Å². The monoisotopic (exact) mass is 156 g/mol. The minimum Gasteiger partial charge on any atom is -0.100 e. The van der Waals surface area contributed by atoms with Crippen molar-refractivity contribution < 1.29 is 0 Å². The molecule has 0 aliphatic heterocycles. The lowest BCUT2D eigenvalue weighted by Crippen LogP contribution is -1.81. The summed E-state index contributed by atoms with van der Waals surface area (Å²) in [6.07, 6.45) is 3.82. The van der Waals surface area contributed by atoms with Gasteiger partial charge in [-0.05, 0) is 19.3 Å². The summed E-state index contributed by atoms with van der Waals surface area (Å²) in [5.41, 5.74) is 1.25. The van der Waals surface area contributed by atoms with E-state index in [2.05, 4.69) is 34.3 Å². The van der Waals surface area contributed by atoms with Crippen molar-refractivity contribution in [3.05, 3.63) is 12.2 Å². The zero-order valence-electron chi connectivity index (χ0n) is 8.91. The minimum atomic E-state index is 0.898. The molecule has 0 fully saturated rings. The molecule has 0 spiro atoms. The summed E-state index contributed by atoms with van der Waals surface area (Å²) in [4.78, 5) is 0. The molecule has 0 heterocycles. The molecule has 0 aliphatic carbocycles. The summed E-state index contributed by atoms with van der Waals surface area (Å²) in [6.45, 7) is 14.5. The van der Waals surface area contributed by atoms with Gasteiger partial charge < -0.3 is 0 Å². The lowest BCUT2D eigenvalue weighted by atomic mass is 10.1. The Bertz CT molecular complexity index is 80.0. The Hall–Kier alpha value is -0.260. The summed E-state index contributed by atoms with van der Waals surface area (Å²) < 4.78 is 0. The van der Waals surface area contributed by atoms with Crippen molar-refractivity contribution in [3.8, 4) is 0 Å². The van der Waals surface area contributed by atoms with Crippen LogP contribution in [-0.4, -0.2) is 0 Å². The number of rotatable bonds is 3. The maximum absolute atomic E-state index is 3.67. The van der Waals surface area contributed by atoms with Gasteiger partial charge in [0.2, 0.25) is 0 Å². The third-order valence-electron chi connectivity index (χ3n) is 1.47. The van der Waals surface area contributed by atoms with Crippen LogP contribution < -0.4 is 0 Å². The van der Waals surface area contributed by atoms with Gasteiger partial charge in [0.1, 0.15) is 0 Å². The van der Waals surface area contributed by atoms with Crippen LogP contribution in [0.2, 0.25) is 0 Å². The van der Waals surface area contributed by atoms with Gasteiger partial charge >= 0.3 is 0 Å². The van der Waals surface area contributed by atoms with E-state index in [-0.39, 0.29) is 0 Å². The molecule has 0 aliphatic rings. The molecule has 0 rings (SSSR count). The van der Waals surface area contributed by atoms with Crippen molar-refractivity contribution >= 4 is 0 Å². The quantitative estimate of drug-likeness (QED) is 0.531. The Morgan fingerprint density at radius 1 is 1.27 bits per heavy atom. The number of hydrogen-bond acceptors (Lipinski definition) is 0. The van der Waals surface area contributed by atoms with E-state index in [1.807, 2.05) is 6.92 Å². The van der Waals surface area contributed by atoms with E-state index < -0.39 is 0 Å². The van der Waals surface area contributed by atoms with E-state index in [1.54, 1.807) is 0 Å². The van der Waals surface area contributed by atoms with E-state index in [0.29, 0.717) is 0 Å². The van der Waals surface area contributed by atoms with Gasteiger partial charge in [-0.1, -0.05) is 46.1 Å². The molecule has 11 heavy (non-hydrogen) atoms. The zero-order valence-corrected chi connectivity index (χ0v) is 8.91. The minimum absolute atomic E-state index is 0.898. The molecule has 0 N–H and O–H groups in total. The Balaban J connectivity index is 0. The Morgan fingerprint density at radius 2 is 1.64 bits per heavy atom. The maximum Gasteiger partial charge on any atom is -0.0354 e. The van der Waals surface area contributed by atoms with Crippen LogP contribution in [0.25, 0.3) is 0 Å². The molecule has 0 atom stereocenters. The molecule has 0 saturated carbocycles. The highest BCUT2D eigenvalue weighted by molar-refractivity contribution is 4.84. The molecule has 68 valence electrons. The Morgan fingerprint density at radius 3 is 1.64 bits per heavy atom. The predicted molar refractivity (Wildman–Crippen MR) is 54.9 cm³/mol. The summed E-state index contributed by atoms with van der Waals surface area (Å²) in [5.74, 6) is 0.898. The normalized spacial score (nSPS) is 8.91. The highest BCUT2D eigenvalue weighted by atomic mass is 13.9. The van der Waals surface area contributed by atoms with Crippen molar-refractivity contribution in [2.75, 3.05) is 0 Å². The standard InChI is InChI=1S/C6H14.C5H10/c1-4-5-6(2)3;1-4-5(2)3/h6H,4-5H2,1-3H3;2,4H2,1,3H3. The highest BCUT2D eigenvalue weighted by Gasteiger charge is 1.85. The van der Waals surface area contributed by atoms with Gasteiger partial charge in [-0.15, -0.1) is 6.58 Å². The van der Waals surface area contributed by atoms with Crippen LogP contribution in [0.4, 0.5) is 0 Å². The molecule has 0 aromatic rings. The van der Waals surface area contributed by atoms with E-state index >= 15 is 0 Å². The third-order valence-corrected chi connectivity index (χ3v) is 1.47. The first kappa shape index (κ1) is 13.3. The second kappa shape index (κ2) is 9.74. The van der Waals surface area contributed by atoms with E-state index in [4.69, 9.17) is 0 Å². The van der Waals surface area contributed by atoms with E-state index in [1.165, 1.54) is 18.4 Å². The summed E-state index contributed by atoms with van der Waals surface area (Å²) in [7, 11) is 0. The lowest BCUT2D eigenvalue weighted by Gasteiger charge is -1.95. The molecule has 0 radical (unpaired) electrons. The van der Waals surface area contributed by atoms with Crippen LogP contribution >= 0.6 is 0 Å². The molecule has 0 aromatic heterocycles. The van der Waals surface area contributed by atoms with E-state index in [0.717, 1.165) is 12.3 Å². The molecular formula is C11H24. The molecule has 0 heteroatoms. The second-order valence-electron chi connectivity index (χ2n) is 3.49. The van der Waals surface area contributed by atoms with Gasteiger partial charge in [0.25, 0.3) is 0 Å². The van der Waals surface area contributed by atoms with Crippen LogP contribution in [0.1, 0.15) is 53.9 Å². The molecule has 0 amide bonds. The van der Waals surface area contributed by atoms with Crippen molar-refractivity contribution in [2.45, 2.75) is 53.9 Å². The predicted octanol–water partition coefficient (Wildman–Crippen LogP) is 4.42. The molecule has 0 saturated heterocycles. The molecule has 0 bridgehead atoms. The SMILES string of the molecule is C=C(C)CC.CCCC(C)C. The number of hydrogen-bond donors (Lipinski definition) is 0. The fraction of sp³-hybridized carbons (Fsp3) is 0.818. The topological polar surface area (TPSA) is 0 Å². The molecule has 0 nitrogen and oxygen atoms in total. The summed E-state index contributed by atoms with van der Waals surface area (Å²) in [6, 6.07) is 0. The van der Waals surface area contributed by atoms with Crippen LogP contribution in [-0.2, 0) is 0 Å². The molecule has 0 unspecified atom stereocenters. The number of allylic oxidation sites excluding steroid dienone is 1. The summed E-state index contributed by atoms with van der Waals surface area (Å²) in [5, 5.41) is 0. The first-order chi connectivity index (χ1) is 5.04. The lowest BCUT2D eigenvalue weighted by molar-refractivity contribution is 0.576. The second-order valence-corrected chi connectivity index (χ2v) is 3.49. The van der Waals surface area contributed by atoms with Crippen molar-refractivity contribution in [1.82, 2.24) is 0 Å². The fourth-order valence-corrected chi connectivity index (χ4v) is 0.577. The zero-order chi connectivity index (χ0) is 9.28. The third kappa shape index (κ3) is 26.0. The van der Waals surface area contributed by atoms with Crippen LogP contribution in [0, 0.1) is 5.92 Å². The Labute approximate surface area is 72.7 Å². The first-order valence-electron chi connectivity index (χ1n) is 4.68. The van der Waals surface area contributed by atoms with Crippen LogP contribution in [0.3, 0.4) is 0 Å². The fourth-order valence-electron chi connectivity index (χ4n) is 0.577. The van der Waals surface area contributed by atoms with Gasteiger partial charge in [0, 0.05) is 0 Å². The van der Waals surface area contributed by atoms with Crippen molar-refractivity contribution in [1.29, 1.82) is 0 Å². The first-order valence-corrected chi connectivity index (χ1v) is 4.68. The molecule has 0 aromatic carbocycles. The van der Waals surface area contributed by atoms with Crippen molar-refractivity contribution in [3.63, 3.8) is 0 Å². The maximum atomic E-state index is 3.67. The van der Waals surface area contributed by atoms with Crippen molar-refractivity contribution in [2.24, 2.45) is 5.92 Å². The smallest absolute Gasteiger partial charge is 0.0354 e. The Kier molecular flexibility index (Phi) is 11.8. The van der Waals surface area contributed by atoms with Gasteiger partial charge in [0.05, 0.1) is 0 Å². The molecular weight excluding hydrogens is 132 g/mol. The van der Waals surface area contributed by atoms with Gasteiger partial charge in [0.15, 0.2) is 0 Å². The van der Waals surface area contributed by atoms with Crippen LogP contribution in [0.15, 0.2) is 12.2 Å². The average molecular weight is 156 g/mol. The van der Waals surface area contributed by atoms with Gasteiger partial charge in [-0.3, -0.25) is 0 Å². The largest absolute Gasteiger partial charge is 0.100 e. The average Bonchev–Trinajstić information content (AvgIpc) is 1.89. The highest BCUT2D eigenvalue weighted by Crippen LogP contribution is 2.00. The summed E-state index contributed by atoms with van der Waals surface area (Å²) >= 11 is 0.